The Bertz CT molecular complexity index is 525. The van der Waals surface area contributed by atoms with Crippen LogP contribution in [0.15, 0.2) is 41.3 Å². The molecule has 0 unspecified atom stereocenters. The second-order valence-electron chi connectivity index (χ2n) is 3.09. The molecule has 0 fully saturated rings. The van der Waals surface area contributed by atoms with E-state index >= 15 is 0 Å². The van der Waals surface area contributed by atoms with Crippen LogP contribution in [-0.2, 0) is 0 Å². The maximum atomic E-state index is 10.8. The minimum Gasteiger partial charge on any atom is -0.258 e. The van der Waals surface area contributed by atoms with Crippen molar-refractivity contribution in [1.82, 2.24) is 0 Å². The average molecular weight is 219 g/mol. The van der Waals surface area contributed by atoms with Crippen LogP contribution in [0.1, 0.15) is 0 Å². The molecule has 2 rings (SSSR count). The van der Waals surface area contributed by atoms with Crippen LogP contribution < -0.4 is 0 Å². The fourth-order valence-corrected chi connectivity index (χ4v) is 2.19. The molecule has 0 saturated heterocycles. The lowest BCUT2D eigenvalue weighted by atomic mass is 10.1. The Labute approximate surface area is 91.3 Å². The smallest absolute Gasteiger partial charge is 0.258 e. The number of non-ortho nitro benzene ring substituents is 1. The molecule has 0 atom stereocenters. The van der Waals surface area contributed by atoms with E-state index in [0.29, 0.717) is 5.39 Å². The molecule has 0 aromatic heterocycles. The summed E-state index contributed by atoms with van der Waals surface area (Å²) in [7, 11) is 0. The molecule has 2 aromatic rings. The lowest BCUT2D eigenvalue weighted by Crippen LogP contribution is -1.90. The Balaban J connectivity index is 2.83. The summed E-state index contributed by atoms with van der Waals surface area (Å²) in [6, 6.07) is 10.8. The highest BCUT2D eigenvalue weighted by Gasteiger charge is 2.12. The molecule has 0 heterocycles. The zero-order valence-corrected chi connectivity index (χ0v) is 8.95. The van der Waals surface area contributed by atoms with Gasteiger partial charge in [0, 0.05) is 16.3 Å². The van der Waals surface area contributed by atoms with Gasteiger partial charge in [0.15, 0.2) is 0 Å². The average Bonchev–Trinajstić information content (AvgIpc) is 2.27. The molecule has 4 heteroatoms. The van der Waals surface area contributed by atoms with Crippen LogP contribution >= 0.6 is 11.8 Å². The monoisotopic (exact) mass is 219 g/mol. The molecule has 0 amide bonds. The van der Waals surface area contributed by atoms with E-state index in [4.69, 9.17) is 0 Å². The Kier molecular flexibility index (Phi) is 2.60. The first-order valence-corrected chi connectivity index (χ1v) is 5.66. The van der Waals surface area contributed by atoms with Crippen LogP contribution in [-0.4, -0.2) is 11.2 Å². The lowest BCUT2D eigenvalue weighted by molar-refractivity contribution is -0.383. The van der Waals surface area contributed by atoms with Crippen molar-refractivity contribution in [2.24, 2.45) is 0 Å². The van der Waals surface area contributed by atoms with Crippen molar-refractivity contribution in [3.05, 3.63) is 46.5 Å². The molecule has 0 saturated carbocycles. The van der Waals surface area contributed by atoms with E-state index in [1.54, 1.807) is 30.0 Å². The number of nitro benzene ring substituents is 1. The summed E-state index contributed by atoms with van der Waals surface area (Å²) in [6.07, 6.45) is 1.97. The van der Waals surface area contributed by atoms with Gasteiger partial charge in [-0.3, -0.25) is 10.1 Å². The van der Waals surface area contributed by atoms with Gasteiger partial charge in [-0.2, -0.15) is 0 Å². The first-order chi connectivity index (χ1) is 7.24. The van der Waals surface area contributed by atoms with Crippen molar-refractivity contribution in [2.75, 3.05) is 6.26 Å². The summed E-state index contributed by atoms with van der Waals surface area (Å²) in [5.41, 5.74) is 0.170. The molecule has 2 aromatic carbocycles. The first kappa shape index (κ1) is 9.98. The van der Waals surface area contributed by atoms with Gasteiger partial charge in [0.25, 0.3) is 5.69 Å². The van der Waals surface area contributed by atoms with Crippen LogP contribution in [0, 0.1) is 10.1 Å². The standard InChI is InChI=1S/C11H9NO2S/c1-15-11-7-6-10(12(13)14)8-4-2-3-5-9(8)11/h2-7H,1H3. The van der Waals surface area contributed by atoms with Gasteiger partial charge in [0.05, 0.1) is 10.3 Å². The summed E-state index contributed by atoms with van der Waals surface area (Å²) in [4.78, 5) is 11.5. The largest absolute Gasteiger partial charge is 0.277 e. The summed E-state index contributed by atoms with van der Waals surface area (Å²) in [5.74, 6) is 0. The van der Waals surface area contributed by atoms with E-state index < -0.39 is 0 Å². The van der Waals surface area contributed by atoms with E-state index in [1.165, 1.54) is 0 Å². The zero-order chi connectivity index (χ0) is 10.8. The summed E-state index contributed by atoms with van der Waals surface area (Å²) < 4.78 is 0. The molecule has 0 aliphatic heterocycles. The Morgan fingerprint density at radius 2 is 1.80 bits per heavy atom. The van der Waals surface area contributed by atoms with E-state index in [0.717, 1.165) is 10.3 Å². The van der Waals surface area contributed by atoms with Crippen LogP contribution in [0.3, 0.4) is 0 Å². The Morgan fingerprint density at radius 3 is 2.40 bits per heavy atom. The molecule has 0 bridgehead atoms. The van der Waals surface area contributed by atoms with Gasteiger partial charge in [-0.25, -0.2) is 0 Å². The van der Waals surface area contributed by atoms with Crippen LogP contribution in [0.2, 0.25) is 0 Å². The van der Waals surface area contributed by atoms with Gasteiger partial charge in [0.1, 0.15) is 0 Å². The molecule has 0 aliphatic carbocycles. The van der Waals surface area contributed by atoms with Gasteiger partial charge in [-0.15, -0.1) is 11.8 Å². The minimum atomic E-state index is -0.341. The van der Waals surface area contributed by atoms with Gasteiger partial charge in [-0.1, -0.05) is 18.2 Å². The number of thioether (sulfide) groups is 1. The molecule has 3 nitrogen and oxygen atoms in total. The molecule has 0 N–H and O–H groups in total. The number of nitrogens with zero attached hydrogens (tertiary/aromatic N) is 1. The number of fused-ring (bicyclic) bond motifs is 1. The summed E-state index contributed by atoms with van der Waals surface area (Å²) in [6.45, 7) is 0. The van der Waals surface area contributed by atoms with E-state index in [9.17, 15) is 10.1 Å². The van der Waals surface area contributed by atoms with E-state index in [1.807, 2.05) is 24.5 Å². The lowest BCUT2D eigenvalue weighted by Gasteiger charge is -2.03. The van der Waals surface area contributed by atoms with E-state index in [-0.39, 0.29) is 10.6 Å². The molecule has 0 aliphatic rings. The van der Waals surface area contributed by atoms with Crippen molar-refractivity contribution in [2.45, 2.75) is 4.90 Å². The molecule has 0 spiro atoms. The molecular weight excluding hydrogens is 210 g/mol. The minimum absolute atomic E-state index is 0.170. The number of benzene rings is 2. The summed E-state index contributed by atoms with van der Waals surface area (Å²) >= 11 is 1.60. The second kappa shape index (κ2) is 3.90. The SMILES string of the molecule is CSc1ccc([N+](=O)[O-])c2ccccc12. The fraction of sp³-hybridized carbons (Fsp3) is 0.0909. The van der Waals surface area contributed by atoms with Crippen LogP contribution in [0.5, 0.6) is 0 Å². The quantitative estimate of drug-likeness (QED) is 0.441. The van der Waals surface area contributed by atoms with Crippen LogP contribution in [0.25, 0.3) is 10.8 Å². The van der Waals surface area contributed by atoms with Crippen molar-refractivity contribution in [3.8, 4) is 0 Å². The molecule has 0 radical (unpaired) electrons. The van der Waals surface area contributed by atoms with Gasteiger partial charge in [-0.05, 0) is 18.4 Å². The third-order valence-electron chi connectivity index (χ3n) is 2.28. The first-order valence-electron chi connectivity index (χ1n) is 4.44. The van der Waals surface area contributed by atoms with E-state index in [2.05, 4.69) is 0 Å². The Hall–Kier alpha value is -1.55. The van der Waals surface area contributed by atoms with Crippen molar-refractivity contribution in [3.63, 3.8) is 0 Å². The summed E-state index contributed by atoms with van der Waals surface area (Å²) in [5, 5.41) is 12.5. The highest BCUT2D eigenvalue weighted by atomic mass is 32.2. The third-order valence-corrected chi connectivity index (χ3v) is 3.07. The van der Waals surface area contributed by atoms with Gasteiger partial charge >= 0.3 is 0 Å². The predicted molar refractivity (Wildman–Crippen MR) is 62.4 cm³/mol. The normalized spacial score (nSPS) is 10.5. The van der Waals surface area contributed by atoms with Crippen molar-refractivity contribution in [1.29, 1.82) is 0 Å². The number of hydrogen-bond acceptors (Lipinski definition) is 3. The second-order valence-corrected chi connectivity index (χ2v) is 3.94. The maximum Gasteiger partial charge on any atom is 0.277 e. The molecule has 76 valence electrons. The number of rotatable bonds is 2. The predicted octanol–water partition coefficient (Wildman–Crippen LogP) is 3.47. The Morgan fingerprint density at radius 1 is 1.13 bits per heavy atom. The fourth-order valence-electron chi connectivity index (χ4n) is 1.59. The number of hydrogen-bond donors (Lipinski definition) is 0. The number of nitro groups is 1. The zero-order valence-electron chi connectivity index (χ0n) is 8.14. The molecule has 15 heavy (non-hydrogen) atoms. The van der Waals surface area contributed by atoms with Crippen molar-refractivity contribution >= 4 is 28.2 Å². The van der Waals surface area contributed by atoms with Gasteiger partial charge < -0.3 is 0 Å². The highest BCUT2D eigenvalue weighted by molar-refractivity contribution is 7.98. The van der Waals surface area contributed by atoms with Crippen LogP contribution in [0.4, 0.5) is 5.69 Å². The van der Waals surface area contributed by atoms with Gasteiger partial charge in [0.2, 0.25) is 0 Å². The topological polar surface area (TPSA) is 43.1 Å². The maximum absolute atomic E-state index is 10.8. The van der Waals surface area contributed by atoms with Crippen molar-refractivity contribution < 1.29 is 4.92 Å². The third kappa shape index (κ3) is 1.68. The highest BCUT2D eigenvalue weighted by Crippen LogP contribution is 2.32. The molecular formula is C11H9NO2S.